The molecule has 0 radical (unpaired) electrons. The first kappa shape index (κ1) is 15.3. The van der Waals surface area contributed by atoms with Gasteiger partial charge in [-0.05, 0) is 12.1 Å². The van der Waals surface area contributed by atoms with Gasteiger partial charge in [0.15, 0.2) is 11.5 Å². The number of rotatable bonds is 4. The number of aromatic nitrogens is 4. The Morgan fingerprint density at radius 3 is 2.43 bits per heavy atom. The summed E-state index contributed by atoms with van der Waals surface area (Å²) in [5.74, 6) is 0.366. The first-order valence-electron chi connectivity index (χ1n) is 7.02. The summed E-state index contributed by atoms with van der Waals surface area (Å²) in [6.07, 6.45) is 1.61. The van der Waals surface area contributed by atoms with Gasteiger partial charge in [-0.15, -0.1) is 16.9 Å². The lowest BCUT2D eigenvalue weighted by molar-refractivity contribution is 0.588. The van der Waals surface area contributed by atoms with Crippen LogP contribution < -0.4 is 11.5 Å². The summed E-state index contributed by atoms with van der Waals surface area (Å²) < 4.78 is 5.17. The molecular formula is C15H16N6OS. The van der Waals surface area contributed by atoms with E-state index in [4.69, 9.17) is 15.9 Å². The van der Waals surface area contributed by atoms with Crippen molar-refractivity contribution >= 4 is 23.6 Å². The molecule has 118 valence electrons. The van der Waals surface area contributed by atoms with Crippen LogP contribution in [-0.2, 0) is 0 Å². The van der Waals surface area contributed by atoms with E-state index in [2.05, 4.69) is 46.1 Å². The van der Waals surface area contributed by atoms with Crippen molar-refractivity contribution < 1.29 is 4.42 Å². The lowest BCUT2D eigenvalue weighted by Crippen LogP contribution is -1.99. The molecule has 0 aliphatic carbocycles. The minimum absolute atomic E-state index is 0.0401. The van der Waals surface area contributed by atoms with Crippen molar-refractivity contribution in [2.45, 2.75) is 24.0 Å². The molecule has 0 bridgehead atoms. The average Bonchev–Trinajstić information content (AvgIpc) is 2.94. The molecule has 0 unspecified atom stereocenters. The Balaban J connectivity index is 1.94. The molecule has 0 fully saturated rings. The Hall–Kier alpha value is -2.61. The second kappa shape index (κ2) is 6.25. The van der Waals surface area contributed by atoms with Crippen molar-refractivity contribution in [2.24, 2.45) is 0 Å². The Morgan fingerprint density at radius 2 is 1.83 bits per heavy atom. The van der Waals surface area contributed by atoms with Crippen LogP contribution in [0.25, 0.3) is 22.8 Å². The summed E-state index contributed by atoms with van der Waals surface area (Å²) >= 11 is 1.80. The van der Waals surface area contributed by atoms with E-state index in [0.717, 1.165) is 5.56 Å². The summed E-state index contributed by atoms with van der Waals surface area (Å²) in [6.45, 7) is 4.32. The highest BCUT2D eigenvalue weighted by Crippen LogP contribution is 2.28. The third-order valence-corrected chi connectivity index (χ3v) is 3.98. The Morgan fingerprint density at radius 1 is 1.09 bits per heavy atom. The molecule has 0 aliphatic rings. The van der Waals surface area contributed by atoms with Crippen molar-refractivity contribution in [1.29, 1.82) is 0 Å². The van der Waals surface area contributed by atoms with Gasteiger partial charge in [0.25, 0.3) is 5.89 Å². The number of hydrogen-bond acceptors (Lipinski definition) is 8. The van der Waals surface area contributed by atoms with Gasteiger partial charge in [0, 0.05) is 15.7 Å². The van der Waals surface area contributed by atoms with Crippen LogP contribution >= 0.6 is 11.8 Å². The molecule has 1 aromatic carbocycles. The zero-order valence-corrected chi connectivity index (χ0v) is 13.5. The van der Waals surface area contributed by atoms with Crippen molar-refractivity contribution in [3.63, 3.8) is 0 Å². The van der Waals surface area contributed by atoms with Crippen LogP contribution in [0.15, 0.2) is 39.8 Å². The quantitative estimate of drug-likeness (QED) is 0.702. The maximum Gasteiger partial charge on any atom is 0.313 e. The van der Waals surface area contributed by atoms with Gasteiger partial charge in [0.2, 0.25) is 0 Å². The minimum atomic E-state index is -0.0401. The number of nitrogen functional groups attached to an aromatic ring is 2. The van der Waals surface area contributed by atoms with Crippen LogP contribution in [0.3, 0.4) is 0 Å². The molecular weight excluding hydrogens is 312 g/mol. The van der Waals surface area contributed by atoms with Gasteiger partial charge in [-0.2, -0.15) is 0 Å². The first-order chi connectivity index (χ1) is 11.0. The maximum atomic E-state index is 5.84. The zero-order chi connectivity index (χ0) is 16.4. The molecule has 0 saturated heterocycles. The predicted octanol–water partition coefficient (Wildman–Crippen LogP) is 2.86. The molecule has 3 aromatic rings. The Labute approximate surface area is 137 Å². The summed E-state index contributed by atoms with van der Waals surface area (Å²) in [6, 6.07) is 8.07. The fraction of sp³-hybridized carbons (Fsp3) is 0.200. The molecule has 8 heteroatoms. The Bertz CT molecular complexity index is 815. The highest BCUT2D eigenvalue weighted by atomic mass is 32.2. The molecule has 0 spiro atoms. The van der Waals surface area contributed by atoms with E-state index in [0.29, 0.717) is 16.6 Å². The standard InChI is InChI=1S/C15H16N6OS/c1-8(2)23-10-5-3-9(4-6-10)11-7-18-13(16)12(19-11)14-20-21-15(17)22-14/h3-8H,1-2H3,(H2,16,18)(H2,17,21). The summed E-state index contributed by atoms with van der Waals surface area (Å²) in [5, 5.41) is 7.95. The van der Waals surface area contributed by atoms with Crippen molar-refractivity contribution in [3.8, 4) is 22.8 Å². The average molecular weight is 328 g/mol. The molecule has 0 saturated carbocycles. The lowest BCUT2D eigenvalue weighted by Gasteiger charge is -2.07. The highest BCUT2D eigenvalue weighted by Gasteiger charge is 2.15. The highest BCUT2D eigenvalue weighted by molar-refractivity contribution is 7.99. The van der Waals surface area contributed by atoms with Crippen molar-refractivity contribution in [2.75, 3.05) is 11.5 Å². The summed E-state index contributed by atoms with van der Waals surface area (Å²) in [4.78, 5) is 9.83. The van der Waals surface area contributed by atoms with Gasteiger partial charge in [-0.3, -0.25) is 0 Å². The van der Waals surface area contributed by atoms with Gasteiger partial charge < -0.3 is 15.9 Å². The van der Waals surface area contributed by atoms with E-state index in [1.807, 2.05) is 12.1 Å². The third-order valence-electron chi connectivity index (χ3n) is 2.97. The van der Waals surface area contributed by atoms with E-state index in [1.54, 1.807) is 18.0 Å². The zero-order valence-electron chi connectivity index (χ0n) is 12.7. The monoisotopic (exact) mass is 328 g/mol. The van der Waals surface area contributed by atoms with Crippen LogP contribution in [0.2, 0.25) is 0 Å². The number of hydrogen-bond donors (Lipinski definition) is 2. The minimum Gasteiger partial charge on any atom is -0.402 e. The van der Waals surface area contributed by atoms with Crippen LogP contribution in [0.5, 0.6) is 0 Å². The molecule has 0 aliphatic heterocycles. The molecule has 3 rings (SSSR count). The SMILES string of the molecule is CC(C)Sc1ccc(-c2cnc(N)c(-c3nnc(N)o3)n2)cc1. The van der Waals surface area contributed by atoms with Gasteiger partial charge in [-0.25, -0.2) is 9.97 Å². The molecule has 0 atom stereocenters. The Kier molecular flexibility index (Phi) is 4.16. The van der Waals surface area contributed by atoms with Gasteiger partial charge in [-0.1, -0.05) is 31.1 Å². The number of nitrogens with two attached hydrogens (primary N) is 2. The molecule has 0 amide bonds. The summed E-state index contributed by atoms with van der Waals surface area (Å²) in [5.41, 5.74) is 13.2. The first-order valence-corrected chi connectivity index (χ1v) is 7.90. The number of benzene rings is 1. The molecule has 7 nitrogen and oxygen atoms in total. The normalized spacial score (nSPS) is 11.1. The van der Waals surface area contributed by atoms with E-state index in [1.165, 1.54) is 4.90 Å². The van der Waals surface area contributed by atoms with Crippen LogP contribution in [0.1, 0.15) is 13.8 Å². The molecule has 2 aromatic heterocycles. The molecule has 2 heterocycles. The van der Waals surface area contributed by atoms with Gasteiger partial charge in [0.05, 0.1) is 11.9 Å². The molecule has 23 heavy (non-hydrogen) atoms. The fourth-order valence-corrected chi connectivity index (χ4v) is 2.84. The lowest BCUT2D eigenvalue weighted by atomic mass is 10.1. The third kappa shape index (κ3) is 3.42. The van der Waals surface area contributed by atoms with Crippen LogP contribution in [0.4, 0.5) is 11.8 Å². The van der Waals surface area contributed by atoms with E-state index < -0.39 is 0 Å². The fourth-order valence-electron chi connectivity index (χ4n) is 2.00. The van der Waals surface area contributed by atoms with E-state index in [-0.39, 0.29) is 17.7 Å². The second-order valence-corrected chi connectivity index (χ2v) is 6.78. The van der Waals surface area contributed by atoms with Crippen molar-refractivity contribution in [3.05, 3.63) is 30.5 Å². The topological polar surface area (TPSA) is 117 Å². The van der Waals surface area contributed by atoms with Crippen LogP contribution in [0, 0.1) is 0 Å². The number of nitrogens with zero attached hydrogens (tertiary/aromatic N) is 4. The maximum absolute atomic E-state index is 5.84. The van der Waals surface area contributed by atoms with Crippen LogP contribution in [-0.4, -0.2) is 25.4 Å². The van der Waals surface area contributed by atoms with E-state index >= 15 is 0 Å². The predicted molar refractivity (Wildman–Crippen MR) is 90.6 cm³/mol. The van der Waals surface area contributed by atoms with Crippen molar-refractivity contribution in [1.82, 2.24) is 20.2 Å². The largest absolute Gasteiger partial charge is 0.402 e. The van der Waals surface area contributed by atoms with E-state index in [9.17, 15) is 0 Å². The number of thioether (sulfide) groups is 1. The van der Waals surface area contributed by atoms with Gasteiger partial charge >= 0.3 is 6.01 Å². The smallest absolute Gasteiger partial charge is 0.313 e. The molecule has 4 N–H and O–H groups in total. The summed E-state index contributed by atoms with van der Waals surface area (Å²) in [7, 11) is 0. The van der Waals surface area contributed by atoms with Gasteiger partial charge in [0.1, 0.15) is 0 Å². The number of anilines is 2. The second-order valence-electron chi connectivity index (χ2n) is 5.13.